The molecule has 136 valence electrons. The fraction of sp³-hybridized carbons (Fsp3) is 0.316. The molecule has 0 spiro atoms. The molecule has 1 aliphatic rings. The summed E-state index contributed by atoms with van der Waals surface area (Å²) in [6, 6.07) is 7.90. The molecule has 7 heteroatoms. The van der Waals surface area contributed by atoms with E-state index in [2.05, 4.69) is 17.0 Å². The summed E-state index contributed by atoms with van der Waals surface area (Å²) in [6.07, 6.45) is 4.94. The molecule has 1 aromatic carbocycles. The van der Waals surface area contributed by atoms with Crippen molar-refractivity contribution in [1.29, 1.82) is 0 Å². The molecule has 1 saturated heterocycles. The summed E-state index contributed by atoms with van der Waals surface area (Å²) < 4.78 is 7.20. The summed E-state index contributed by atoms with van der Waals surface area (Å²) in [6.45, 7) is 1.72. The summed E-state index contributed by atoms with van der Waals surface area (Å²) in [5.74, 6) is 0.538. The molecule has 1 atom stereocenters. The third-order valence-electron chi connectivity index (χ3n) is 4.86. The van der Waals surface area contributed by atoms with E-state index in [4.69, 9.17) is 27.1 Å². The van der Waals surface area contributed by atoms with Gasteiger partial charge >= 0.3 is 0 Å². The van der Waals surface area contributed by atoms with Crippen molar-refractivity contribution in [2.24, 2.45) is 5.73 Å². The SMILES string of the molecule is COc1cc(CO)c(-c2cn3ccc(N4CC[C@H](N)C4)cc3n2)cc1Cl. The highest BCUT2D eigenvalue weighted by Crippen LogP contribution is 2.34. The maximum Gasteiger partial charge on any atom is 0.139 e. The van der Waals surface area contributed by atoms with Crippen LogP contribution in [0.5, 0.6) is 5.75 Å². The minimum Gasteiger partial charge on any atom is -0.495 e. The van der Waals surface area contributed by atoms with E-state index in [1.807, 2.05) is 16.8 Å². The number of hydrogen-bond donors (Lipinski definition) is 2. The largest absolute Gasteiger partial charge is 0.495 e. The van der Waals surface area contributed by atoms with E-state index in [1.165, 1.54) is 0 Å². The second-order valence-corrected chi connectivity index (χ2v) is 6.98. The van der Waals surface area contributed by atoms with Crippen LogP contribution in [0, 0.1) is 0 Å². The summed E-state index contributed by atoms with van der Waals surface area (Å²) in [5, 5.41) is 10.2. The molecule has 3 aromatic rings. The van der Waals surface area contributed by atoms with Crippen LogP contribution in [0.25, 0.3) is 16.9 Å². The first kappa shape index (κ1) is 17.1. The lowest BCUT2D eigenvalue weighted by Gasteiger charge is -2.17. The molecule has 0 radical (unpaired) electrons. The number of nitrogens with zero attached hydrogens (tertiary/aromatic N) is 3. The highest BCUT2D eigenvalue weighted by molar-refractivity contribution is 6.32. The van der Waals surface area contributed by atoms with Gasteiger partial charge < -0.3 is 24.9 Å². The number of benzene rings is 1. The zero-order chi connectivity index (χ0) is 18.3. The Kier molecular flexibility index (Phi) is 4.48. The van der Waals surface area contributed by atoms with Crippen LogP contribution in [0.1, 0.15) is 12.0 Å². The minimum absolute atomic E-state index is 0.117. The lowest BCUT2D eigenvalue weighted by Crippen LogP contribution is -2.26. The number of hydrogen-bond acceptors (Lipinski definition) is 5. The molecule has 3 heterocycles. The number of rotatable bonds is 4. The number of ether oxygens (including phenoxy) is 1. The van der Waals surface area contributed by atoms with E-state index in [1.54, 1.807) is 19.2 Å². The van der Waals surface area contributed by atoms with Gasteiger partial charge in [-0.2, -0.15) is 0 Å². The van der Waals surface area contributed by atoms with Gasteiger partial charge in [0.05, 0.1) is 24.4 Å². The van der Waals surface area contributed by atoms with Gasteiger partial charge in [0.25, 0.3) is 0 Å². The Morgan fingerprint density at radius 2 is 2.23 bits per heavy atom. The second-order valence-electron chi connectivity index (χ2n) is 6.57. The smallest absolute Gasteiger partial charge is 0.139 e. The van der Waals surface area contributed by atoms with Crippen molar-refractivity contribution in [2.75, 3.05) is 25.1 Å². The van der Waals surface area contributed by atoms with Gasteiger partial charge in [0, 0.05) is 48.8 Å². The van der Waals surface area contributed by atoms with Crippen LogP contribution < -0.4 is 15.4 Å². The zero-order valence-electron chi connectivity index (χ0n) is 14.5. The van der Waals surface area contributed by atoms with Crippen LogP contribution in [0.3, 0.4) is 0 Å². The Morgan fingerprint density at radius 1 is 1.38 bits per heavy atom. The number of pyridine rings is 1. The fourth-order valence-corrected chi connectivity index (χ4v) is 3.68. The standard InChI is InChI=1S/C19H21ClN4O2/c1-26-18-6-12(11-25)15(8-16(18)20)17-10-24-5-3-14(7-19(24)22-17)23-4-2-13(21)9-23/h3,5-8,10,13,25H,2,4,9,11,21H2,1H3/t13-/m0/s1. The lowest BCUT2D eigenvalue weighted by atomic mass is 10.1. The van der Waals surface area contributed by atoms with E-state index >= 15 is 0 Å². The summed E-state index contributed by atoms with van der Waals surface area (Å²) in [5.41, 5.74) is 10.3. The first-order chi connectivity index (χ1) is 12.6. The normalized spacial score (nSPS) is 17.2. The Hall–Kier alpha value is -2.28. The van der Waals surface area contributed by atoms with Crippen LogP contribution in [0.15, 0.2) is 36.7 Å². The molecule has 0 bridgehead atoms. The van der Waals surface area contributed by atoms with Gasteiger partial charge in [-0.3, -0.25) is 0 Å². The molecule has 2 aromatic heterocycles. The van der Waals surface area contributed by atoms with Crippen LogP contribution in [-0.4, -0.2) is 40.7 Å². The van der Waals surface area contributed by atoms with E-state index in [9.17, 15) is 5.11 Å². The molecule has 1 fully saturated rings. The number of methoxy groups -OCH3 is 1. The Bertz CT molecular complexity index is 956. The fourth-order valence-electron chi connectivity index (χ4n) is 3.44. The number of anilines is 1. The molecule has 0 aliphatic carbocycles. The number of nitrogens with two attached hydrogens (primary N) is 1. The van der Waals surface area contributed by atoms with Gasteiger partial charge in [0.15, 0.2) is 0 Å². The van der Waals surface area contributed by atoms with Crippen molar-refractivity contribution in [1.82, 2.24) is 9.38 Å². The predicted molar refractivity (Wildman–Crippen MR) is 103 cm³/mol. The maximum absolute atomic E-state index is 9.73. The second kappa shape index (κ2) is 6.79. The number of aliphatic hydroxyl groups excluding tert-OH is 1. The van der Waals surface area contributed by atoms with Crippen molar-refractivity contribution >= 4 is 22.9 Å². The third-order valence-corrected chi connectivity index (χ3v) is 5.15. The highest BCUT2D eigenvalue weighted by atomic mass is 35.5. The van der Waals surface area contributed by atoms with E-state index < -0.39 is 0 Å². The first-order valence-electron chi connectivity index (χ1n) is 8.56. The Balaban J connectivity index is 1.75. The van der Waals surface area contributed by atoms with Crippen LogP contribution in [-0.2, 0) is 6.61 Å². The van der Waals surface area contributed by atoms with Crippen molar-refractivity contribution in [3.8, 4) is 17.0 Å². The molecule has 4 rings (SSSR count). The molecular weight excluding hydrogens is 352 g/mol. The Morgan fingerprint density at radius 3 is 2.92 bits per heavy atom. The summed E-state index contributed by atoms with van der Waals surface area (Å²) >= 11 is 6.27. The van der Waals surface area contributed by atoms with Crippen LogP contribution >= 0.6 is 11.6 Å². The molecule has 0 saturated carbocycles. The highest BCUT2D eigenvalue weighted by Gasteiger charge is 2.20. The van der Waals surface area contributed by atoms with Gasteiger partial charge in [-0.1, -0.05) is 11.6 Å². The zero-order valence-corrected chi connectivity index (χ0v) is 15.3. The number of halogens is 1. The number of aliphatic hydroxyl groups is 1. The van der Waals surface area contributed by atoms with Crippen LogP contribution in [0.2, 0.25) is 5.02 Å². The molecule has 3 N–H and O–H groups in total. The van der Waals surface area contributed by atoms with E-state index in [0.717, 1.165) is 47.7 Å². The maximum atomic E-state index is 9.73. The molecule has 0 amide bonds. The Labute approximate surface area is 156 Å². The van der Waals surface area contributed by atoms with Crippen molar-refractivity contribution < 1.29 is 9.84 Å². The number of aromatic nitrogens is 2. The van der Waals surface area contributed by atoms with Crippen molar-refractivity contribution in [3.63, 3.8) is 0 Å². The average Bonchev–Trinajstić information content (AvgIpc) is 3.26. The molecule has 6 nitrogen and oxygen atoms in total. The predicted octanol–water partition coefficient (Wildman–Crippen LogP) is 2.69. The number of imidazole rings is 1. The lowest BCUT2D eigenvalue weighted by molar-refractivity contribution is 0.281. The monoisotopic (exact) mass is 372 g/mol. The first-order valence-corrected chi connectivity index (χ1v) is 8.93. The molecule has 1 aliphatic heterocycles. The summed E-state index contributed by atoms with van der Waals surface area (Å²) in [7, 11) is 1.55. The van der Waals surface area contributed by atoms with Gasteiger partial charge in [-0.05, 0) is 30.2 Å². The summed E-state index contributed by atoms with van der Waals surface area (Å²) in [4.78, 5) is 7.01. The van der Waals surface area contributed by atoms with E-state index in [0.29, 0.717) is 10.8 Å². The third kappa shape index (κ3) is 3.00. The number of fused-ring (bicyclic) bond motifs is 1. The van der Waals surface area contributed by atoms with Crippen LogP contribution in [0.4, 0.5) is 5.69 Å². The molecule has 26 heavy (non-hydrogen) atoms. The molecule has 0 unspecified atom stereocenters. The topological polar surface area (TPSA) is 76.0 Å². The van der Waals surface area contributed by atoms with Crippen molar-refractivity contribution in [3.05, 3.63) is 47.2 Å². The van der Waals surface area contributed by atoms with Gasteiger partial charge in [0.2, 0.25) is 0 Å². The van der Waals surface area contributed by atoms with E-state index in [-0.39, 0.29) is 12.6 Å². The van der Waals surface area contributed by atoms with Gasteiger partial charge in [0.1, 0.15) is 11.4 Å². The van der Waals surface area contributed by atoms with Gasteiger partial charge in [-0.25, -0.2) is 4.98 Å². The minimum atomic E-state index is -0.117. The van der Waals surface area contributed by atoms with Crippen molar-refractivity contribution in [2.45, 2.75) is 19.1 Å². The van der Waals surface area contributed by atoms with Gasteiger partial charge in [-0.15, -0.1) is 0 Å². The average molecular weight is 373 g/mol. The quantitative estimate of drug-likeness (QED) is 0.736. The molecular formula is C19H21ClN4O2.